The van der Waals surface area contributed by atoms with Crippen LogP contribution in [0.25, 0.3) is 0 Å². The molecule has 0 spiro atoms. The van der Waals surface area contributed by atoms with Crippen LogP contribution >= 0.6 is 0 Å². The van der Waals surface area contributed by atoms with Gasteiger partial charge in [-0.2, -0.15) is 0 Å². The van der Waals surface area contributed by atoms with Crippen LogP contribution in [0, 0.1) is 18.2 Å². The maximum absolute atomic E-state index is 13.7. The summed E-state index contributed by atoms with van der Waals surface area (Å²) >= 11 is 0. The summed E-state index contributed by atoms with van der Waals surface area (Å²) in [6.45, 7) is 6.31. The summed E-state index contributed by atoms with van der Waals surface area (Å²) in [4.78, 5) is 0. The molecule has 100 valence electrons. The molecule has 1 N–H and O–H groups in total. The van der Waals surface area contributed by atoms with E-state index >= 15 is 0 Å². The summed E-state index contributed by atoms with van der Waals surface area (Å²) in [5.41, 5.74) is 1.11. The number of benzene rings is 1. The number of hydrogen-bond acceptors (Lipinski definition) is 2. The average molecular weight is 251 g/mol. The second kappa shape index (κ2) is 4.88. The molecular weight excluding hydrogens is 229 g/mol. The minimum Gasteiger partial charge on any atom is -0.487 e. The van der Waals surface area contributed by atoms with Gasteiger partial charge >= 0.3 is 0 Å². The van der Waals surface area contributed by atoms with Crippen molar-refractivity contribution in [3.63, 3.8) is 0 Å². The van der Waals surface area contributed by atoms with Gasteiger partial charge in [-0.15, -0.1) is 0 Å². The smallest absolute Gasteiger partial charge is 0.165 e. The first-order valence-electron chi connectivity index (χ1n) is 6.61. The van der Waals surface area contributed by atoms with E-state index in [1.807, 2.05) is 14.0 Å². The summed E-state index contributed by atoms with van der Waals surface area (Å²) in [6, 6.07) is 5.47. The highest BCUT2D eigenvalue weighted by atomic mass is 19.1. The first-order valence-corrected chi connectivity index (χ1v) is 6.61. The highest BCUT2D eigenvalue weighted by Gasteiger charge is 2.51. The van der Waals surface area contributed by atoms with Gasteiger partial charge in [0.15, 0.2) is 11.6 Å². The van der Waals surface area contributed by atoms with Crippen molar-refractivity contribution in [3.8, 4) is 5.75 Å². The number of halogens is 1. The Morgan fingerprint density at radius 2 is 2.22 bits per heavy atom. The zero-order valence-electron chi connectivity index (χ0n) is 11.6. The lowest BCUT2D eigenvalue weighted by Crippen LogP contribution is -2.62. The van der Waals surface area contributed by atoms with Crippen molar-refractivity contribution in [1.29, 1.82) is 0 Å². The molecule has 2 rings (SSSR count). The summed E-state index contributed by atoms with van der Waals surface area (Å²) in [5, 5.41) is 3.31. The summed E-state index contributed by atoms with van der Waals surface area (Å²) in [7, 11) is 1.97. The lowest BCUT2D eigenvalue weighted by Gasteiger charge is -2.53. The van der Waals surface area contributed by atoms with Gasteiger partial charge in [0.05, 0.1) is 0 Å². The summed E-state index contributed by atoms with van der Waals surface area (Å²) < 4.78 is 19.6. The van der Waals surface area contributed by atoms with E-state index in [0.29, 0.717) is 11.8 Å². The zero-order valence-corrected chi connectivity index (χ0v) is 11.6. The van der Waals surface area contributed by atoms with Crippen molar-refractivity contribution in [2.75, 3.05) is 7.05 Å². The van der Waals surface area contributed by atoms with E-state index in [9.17, 15) is 4.39 Å². The van der Waals surface area contributed by atoms with Crippen LogP contribution in [0.1, 0.15) is 32.3 Å². The molecule has 1 aromatic rings. The van der Waals surface area contributed by atoms with Gasteiger partial charge in [0.25, 0.3) is 0 Å². The van der Waals surface area contributed by atoms with Gasteiger partial charge in [-0.25, -0.2) is 4.39 Å². The van der Waals surface area contributed by atoms with Gasteiger partial charge in [0, 0.05) is 17.9 Å². The predicted octanol–water partition coefficient (Wildman–Crippen LogP) is 3.29. The zero-order chi connectivity index (χ0) is 13.3. The van der Waals surface area contributed by atoms with E-state index in [2.05, 4.69) is 19.2 Å². The topological polar surface area (TPSA) is 21.3 Å². The highest BCUT2D eigenvalue weighted by molar-refractivity contribution is 5.30. The summed E-state index contributed by atoms with van der Waals surface area (Å²) in [6.07, 6.45) is 2.06. The first-order chi connectivity index (χ1) is 8.51. The van der Waals surface area contributed by atoms with Crippen molar-refractivity contribution in [2.45, 2.75) is 45.8 Å². The summed E-state index contributed by atoms with van der Waals surface area (Å²) in [5.74, 6) is 0.112. The molecule has 18 heavy (non-hydrogen) atoms. The second-order valence-electron chi connectivity index (χ2n) is 5.48. The molecule has 1 aliphatic carbocycles. The van der Waals surface area contributed by atoms with E-state index < -0.39 is 0 Å². The predicted molar refractivity (Wildman–Crippen MR) is 71.4 cm³/mol. The maximum atomic E-state index is 13.7. The van der Waals surface area contributed by atoms with Crippen LogP contribution in [0.2, 0.25) is 0 Å². The minimum atomic E-state index is -0.271. The molecule has 0 bridgehead atoms. The van der Waals surface area contributed by atoms with Crippen molar-refractivity contribution in [2.24, 2.45) is 5.41 Å². The van der Waals surface area contributed by atoms with Crippen LogP contribution < -0.4 is 10.1 Å². The van der Waals surface area contributed by atoms with Gasteiger partial charge in [0.2, 0.25) is 0 Å². The van der Waals surface area contributed by atoms with Gasteiger partial charge in [-0.1, -0.05) is 19.9 Å². The fourth-order valence-corrected chi connectivity index (χ4v) is 2.77. The molecule has 0 saturated heterocycles. The lowest BCUT2D eigenvalue weighted by atomic mass is 9.61. The van der Waals surface area contributed by atoms with E-state index in [-0.39, 0.29) is 17.3 Å². The quantitative estimate of drug-likeness (QED) is 0.886. The normalized spacial score (nSPS) is 30.9. The lowest BCUT2D eigenvalue weighted by molar-refractivity contribution is -0.0693. The molecule has 3 atom stereocenters. The Kier molecular flexibility index (Phi) is 3.62. The maximum Gasteiger partial charge on any atom is 0.165 e. The molecule has 2 nitrogen and oxygen atoms in total. The second-order valence-corrected chi connectivity index (χ2v) is 5.48. The third kappa shape index (κ3) is 2.12. The van der Waals surface area contributed by atoms with Crippen LogP contribution in [-0.4, -0.2) is 19.2 Å². The Morgan fingerprint density at radius 3 is 2.83 bits per heavy atom. The molecule has 1 aliphatic rings. The van der Waals surface area contributed by atoms with E-state index in [1.54, 1.807) is 12.1 Å². The molecule has 3 heteroatoms. The van der Waals surface area contributed by atoms with Crippen molar-refractivity contribution >= 4 is 0 Å². The molecule has 0 amide bonds. The van der Waals surface area contributed by atoms with Crippen LogP contribution in [-0.2, 0) is 0 Å². The van der Waals surface area contributed by atoms with Crippen LogP contribution in [0.4, 0.5) is 4.39 Å². The number of ether oxygens (including phenoxy) is 1. The van der Waals surface area contributed by atoms with Crippen LogP contribution in [0.5, 0.6) is 5.75 Å². The van der Waals surface area contributed by atoms with E-state index in [0.717, 1.165) is 18.4 Å². The molecule has 0 aliphatic heterocycles. The molecule has 3 unspecified atom stereocenters. The Labute approximate surface area is 109 Å². The van der Waals surface area contributed by atoms with E-state index in [4.69, 9.17) is 4.74 Å². The highest BCUT2D eigenvalue weighted by Crippen LogP contribution is 2.46. The Hall–Kier alpha value is -1.09. The van der Waals surface area contributed by atoms with Crippen LogP contribution in [0.3, 0.4) is 0 Å². The third-order valence-corrected chi connectivity index (χ3v) is 4.45. The number of hydrogen-bond donors (Lipinski definition) is 1. The largest absolute Gasteiger partial charge is 0.487 e. The third-order valence-electron chi connectivity index (χ3n) is 4.45. The van der Waals surface area contributed by atoms with Gasteiger partial charge < -0.3 is 10.1 Å². The molecule has 1 saturated carbocycles. The van der Waals surface area contributed by atoms with Gasteiger partial charge in [0.1, 0.15) is 6.10 Å². The fraction of sp³-hybridized carbons (Fsp3) is 0.600. The molecule has 0 heterocycles. The van der Waals surface area contributed by atoms with Crippen molar-refractivity contribution in [1.82, 2.24) is 5.32 Å². The number of aryl methyl sites for hydroxylation is 1. The fourth-order valence-electron chi connectivity index (χ4n) is 2.77. The number of nitrogens with one attached hydrogen (secondary N) is 1. The monoisotopic (exact) mass is 251 g/mol. The molecule has 1 fully saturated rings. The Balaban J connectivity index is 2.13. The molecular formula is C15H22FNO. The van der Waals surface area contributed by atoms with E-state index in [1.165, 1.54) is 6.07 Å². The van der Waals surface area contributed by atoms with Crippen molar-refractivity contribution in [3.05, 3.63) is 29.6 Å². The minimum absolute atomic E-state index is 0.0882. The molecule has 1 aromatic carbocycles. The Bertz CT molecular complexity index is 435. The van der Waals surface area contributed by atoms with Crippen molar-refractivity contribution < 1.29 is 9.13 Å². The molecule has 0 aromatic heterocycles. The standard InChI is InChI=1S/C15H22FNO/c1-5-15(3)13(17-4)9-14(15)18-12-8-10(2)6-7-11(12)16/h6-8,13-14,17H,5,9H2,1-4H3. The average Bonchev–Trinajstić information content (AvgIpc) is 2.36. The van der Waals surface area contributed by atoms with Crippen LogP contribution in [0.15, 0.2) is 18.2 Å². The number of rotatable bonds is 4. The Morgan fingerprint density at radius 1 is 1.50 bits per heavy atom. The SMILES string of the molecule is CCC1(C)C(NC)CC1Oc1cc(C)ccc1F. The van der Waals surface area contributed by atoms with Gasteiger partial charge in [-0.05, 0) is 38.1 Å². The first kappa shape index (κ1) is 13.3. The van der Waals surface area contributed by atoms with Gasteiger partial charge in [-0.3, -0.25) is 0 Å². The molecule has 0 radical (unpaired) electrons.